The molecule has 116 valence electrons. The first kappa shape index (κ1) is 16.5. The minimum absolute atomic E-state index is 0.111. The molecule has 2 N–H and O–H groups in total. The number of amides is 2. The third kappa shape index (κ3) is 4.86. The monoisotopic (exact) mass is 336 g/mol. The van der Waals surface area contributed by atoms with E-state index in [1.807, 2.05) is 29.0 Å². The summed E-state index contributed by atoms with van der Waals surface area (Å²) in [7, 11) is 0. The van der Waals surface area contributed by atoms with Crippen molar-refractivity contribution in [3.63, 3.8) is 0 Å². The van der Waals surface area contributed by atoms with Crippen molar-refractivity contribution in [3.8, 4) is 0 Å². The highest BCUT2D eigenvalue weighted by Crippen LogP contribution is 2.25. The second kappa shape index (κ2) is 7.96. The number of hydrogen-bond acceptors (Lipinski definition) is 3. The van der Waals surface area contributed by atoms with Gasteiger partial charge in [-0.1, -0.05) is 23.7 Å². The zero-order chi connectivity index (χ0) is 15.9. The number of benzene rings is 1. The van der Waals surface area contributed by atoms with Crippen LogP contribution in [0.15, 0.2) is 41.1 Å². The molecule has 0 saturated heterocycles. The lowest BCUT2D eigenvalue weighted by atomic mass is 10.0. The molecule has 1 aromatic heterocycles. The van der Waals surface area contributed by atoms with E-state index in [0.717, 1.165) is 11.1 Å². The van der Waals surface area contributed by atoms with E-state index in [0.29, 0.717) is 11.6 Å². The lowest BCUT2D eigenvalue weighted by Crippen LogP contribution is -2.32. The molecule has 2 amide bonds. The molecule has 0 aliphatic rings. The number of rotatable bonds is 6. The minimum atomic E-state index is -0.214. The third-order valence-corrected chi connectivity index (χ3v) is 4.06. The first-order valence-electron chi connectivity index (χ1n) is 6.87. The lowest BCUT2D eigenvalue weighted by Gasteiger charge is -2.18. The summed E-state index contributed by atoms with van der Waals surface area (Å²) in [5, 5.41) is 10.3. The largest absolute Gasteiger partial charge is 0.356 e. The van der Waals surface area contributed by atoms with Crippen molar-refractivity contribution in [2.45, 2.75) is 19.4 Å². The Morgan fingerprint density at radius 2 is 1.91 bits per heavy atom. The Morgan fingerprint density at radius 1 is 1.18 bits per heavy atom. The number of halogens is 1. The normalized spacial score (nSPS) is 11.7. The van der Waals surface area contributed by atoms with Crippen LogP contribution in [0.4, 0.5) is 0 Å². The second-order valence-electron chi connectivity index (χ2n) is 4.84. The van der Waals surface area contributed by atoms with Gasteiger partial charge < -0.3 is 10.6 Å². The van der Waals surface area contributed by atoms with Gasteiger partial charge in [-0.25, -0.2) is 0 Å². The van der Waals surface area contributed by atoms with Gasteiger partial charge in [0.2, 0.25) is 11.8 Å². The predicted molar refractivity (Wildman–Crippen MR) is 89.1 cm³/mol. The Labute approximate surface area is 138 Å². The standard InChI is InChI=1S/C16H17ClN2O2S/c1-11(20)18-8-6-15(21)19-16(13-7-9-22-10-13)12-2-4-14(17)5-3-12/h2-5,7,9-10,16H,6,8H2,1H3,(H,18,20)(H,19,21)/t16-/m1/s1. The maximum absolute atomic E-state index is 12.1. The molecule has 2 aromatic rings. The highest BCUT2D eigenvalue weighted by Gasteiger charge is 2.17. The van der Waals surface area contributed by atoms with E-state index in [-0.39, 0.29) is 24.3 Å². The summed E-state index contributed by atoms with van der Waals surface area (Å²) >= 11 is 7.50. The van der Waals surface area contributed by atoms with Gasteiger partial charge in [-0.3, -0.25) is 9.59 Å². The summed E-state index contributed by atoms with van der Waals surface area (Å²) in [4.78, 5) is 22.9. The number of nitrogens with one attached hydrogen (secondary N) is 2. The summed E-state index contributed by atoms with van der Waals surface area (Å²) in [5.41, 5.74) is 2.00. The Bertz CT molecular complexity index is 626. The second-order valence-corrected chi connectivity index (χ2v) is 6.06. The summed E-state index contributed by atoms with van der Waals surface area (Å²) in [6.45, 7) is 1.76. The highest BCUT2D eigenvalue weighted by atomic mass is 35.5. The Kier molecular flexibility index (Phi) is 5.98. The molecule has 6 heteroatoms. The topological polar surface area (TPSA) is 58.2 Å². The molecule has 0 spiro atoms. The van der Waals surface area contributed by atoms with Gasteiger partial charge >= 0.3 is 0 Å². The zero-order valence-electron chi connectivity index (χ0n) is 12.1. The Balaban J connectivity index is 2.07. The zero-order valence-corrected chi connectivity index (χ0v) is 13.7. The van der Waals surface area contributed by atoms with Crippen molar-refractivity contribution in [3.05, 3.63) is 57.2 Å². The number of carbonyl (C=O) groups is 2. The van der Waals surface area contributed by atoms with Crippen LogP contribution in [0.25, 0.3) is 0 Å². The first-order valence-corrected chi connectivity index (χ1v) is 8.19. The smallest absolute Gasteiger partial charge is 0.222 e. The van der Waals surface area contributed by atoms with Crippen LogP contribution >= 0.6 is 22.9 Å². The fourth-order valence-electron chi connectivity index (χ4n) is 2.04. The van der Waals surface area contributed by atoms with Crippen LogP contribution in [0.1, 0.15) is 30.5 Å². The van der Waals surface area contributed by atoms with Gasteiger partial charge in [0.05, 0.1) is 6.04 Å². The van der Waals surface area contributed by atoms with Gasteiger partial charge in [0.1, 0.15) is 0 Å². The lowest BCUT2D eigenvalue weighted by molar-refractivity contribution is -0.122. The van der Waals surface area contributed by atoms with Gasteiger partial charge in [-0.2, -0.15) is 11.3 Å². The molecular formula is C16H17ClN2O2S. The van der Waals surface area contributed by atoms with E-state index in [2.05, 4.69) is 10.6 Å². The average Bonchev–Trinajstić information content (AvgIpc) is 2.99. The van der Waals surface area contributed by atoms with Crippen molar-refractivity contribution in [1.29, 1.82) is 0 Å². The molecule has 0 aliphatic carbocycles. The van der Waals surface area contributed by atoms with Crippen molar-refractivity contribution < 1.29 is 9.59 Å². The van der Waals surface area contributed by atoms with Gasteiger partial charge in [0.25, 0.3) is 0 Å². The molecule has 0 bridgehead atoms. The molecular weight excluding hydrogens is 320 g/mol. The predicted octanol–water partition coefficient (Wildman–Crippen LogP) is 3.13. The third-order valence-electron chi connectivity index (χ3n) is 3.11. The van der Waals surface area contributed by atoms with Gasteiger partial charge in [0, 0.05) is 24.9 Å². The fraction of sp³-hybridized carbons (Fsp3) is 0.250. The van der Waals surface area contributed by atoms with E-state index >= 15 is 0 Å². The van der Waals surface area contributed by atoms with Crippen LogP contribution in [0.3, 0.4) is 0 Å². The number of carbonyl (C=O) groups excluding carboxylic acids is 2. The summed E-state index contributed by atoms with van der Waals surface area (Å²) in [6.07, 6.45) is 0.244. The van der Waals surface area contributed by atoms with Gasteiger partial charge in [-0.15, -0.1) is 0 Å². The van der Waals surface area contributed by atoms with Crippen molar-refractivity contribution in [2.24, 2.45) is 0 Å². The van der Waals surface area contributed by atoms with Crippen LogP contribution in [0.5, 0.6) is 0 Å². The van der Waals surface area contributed by atoms with Crippen molar-refractivity contribution in [2.75, 3.05) is 6.54 Å². The molecule has 4 nitrogen and oxygen atoms in total. The fourth-order valence-corrected chi connectivity index (χ4v) is 2.85. The summed E-state index contributed by atoms with van der Waals surface area (Å²) < 4.78 is 0. The van der Waals surface area contributed by atoms with E-state index < -0.39 is 0 Å². The van der Waals surface area contributed by atoms with Crippen molar-refractivity contribution >= 4 is 34.8 Å². The quantitative estimate of drug-likeness (QED) is 0.851. The Hall–Kier alpha value is -1.85. The van der Waals surface area contributed by atoms with Gasteiger partial charge in [-0.05, 0) is 40.1 Å². The molecule has 1 atom stereocenters. The minimum Gasteiger partial charge on any atom is -0.356 e. The molecule has 1 heterocycles. The van der Waals surface area contributed by atoms with E-state index in [1.165, 1.54) is 6.92 Å². The highest BCUT2D eigenvalue weighted by molar-refractivity contribution is 7.08. The van der Waals surface area contributed by atoms with Gasteiger partial charge in [0.15, 0.2) is 0 Å². The van der Waals surface area contributed by atoms with Crippen LogP contribution in [0.2, 0.25) is 5.02 Å². The van der Waals surface area contributed by atoms with E-state index in [9.17, 15) is 9.59 Å². The molecule has 0 unspecified atom stereocenters. The SMILES string of the molecule is CC(=O)NCCC(=O)N[C@H](c1ccc(Cl)cc1)c1ccsc1. The van der Waals surface area contributed by atoms with E-state index in [4.69, 9.17) is 11.6 Å². The van der Waals surface area contributed by atoms with Crippen LogP contribution in [-0.2, 0) is 9.59 Å². The van der Waals surface area contributed by atoms with Crippen LogP contribution in [0, 0.1) is 0 Å². The maximum Gasteiger partial charge on any atom is 0.222 e. The molecule has 0 saturated carbocycles. The summed E-state index contributed by atoms with van der Waals surface area (Å²) in [5.74, 6) is -0.250. The molecule has 22 heavy (non-hydrogen) atoms. The number of hydrogen-bond donors (Lipinski definition) is 2. The van der Waals surface area contributed by atoms with Crippen LogP contribution in [-0.4, -0.2) is 18.4 Å². The van der Waals surface area contributed by atoms with Crippen LogP contribution < -0.4 is 10.6 Å². The summed E-state index contributed by atoms with van der Waals surface area (Å²) in [6, 6.07) is 9.18. The molecule has 0 fully saturated rings. The molecule has 0 aliphatic heterocycles. The maximum atomic E-state index is 12.1. The van der Waals surface area contributed by atoms with E-state index in [1.54, 1.807) is 23.5 Å². The number of thiophene rings is 1. The molecule has 2 rings (SSSR count). The molecule has 1 aromatic carbocycles. The first-order chi connectivity index (χ1) is 10.6. The molecule has 0 radical (unpaired) electrons. The average molecular weight is 337 g/mol. The Morgan fingerprint density at radius 3 is 2.50 bits per heavy atom. The van der Waals surface area contributed by atoms with Crippen molar-refractivity contribution in [1.82, 2.24) is 10.6 Å².